The number of aromatic nitrogens is 2. The number of aryl methyl sites for hydroxylation is 1. The Morgan fingerprint density at radius 1 is 1.05 bits per heavy atom. The minimum atomic E-state index is 0.721. The Kier molecular flexibility index (Phi) is 4.65. The van der Waals surface area contributed by atoms with Gasteiger partial charge in [-0.05, 0) is 13.0 Å². The summed E-state index contributed by atoms with van der Waals surface area (Å²) in [6, 6.07) is 12.3. The molecular formula is C17H23N5. The van der Waals surface area contributed by atoms with E-state index in [1.165, 1.54) is 0 Å². The van der Waals surface area contributed by atoms with E-state index in [0.717, 1.165) is 62.2 Å². The first-order valence-corrected chi connectivity index (χ1v) is 7.85. The molecule has 22 heavy (non-hydrogen) atoms. The van der Waals surface area contributed by atoms with Crippen LogP contribution in [0.2, 0.25) is 0 Å². The van der Waals surface area contributed by atoms with Gasteiger partial charge in [-0.3, -0.25) is 4.90 Å². The lowest BCUT2D eigenvalue weighted by molar-refractivity contribution is 0.263. The number of rotatable bonds is 4. The fraction of sp³-hybridized carbons (Fsp3) is 0.412. The van der Waals surface area contributed by atoms with Gasteiger partial charge in [0.15, 0.2) is 0 Å². The van der Waals surface area contributed by atoms with E-state index in [1.54, 1.807) is 0 Å². The number of hydrogen-bond donors (Lipinski definition) is 1. The van der Waals surface area contributed by atoms with Gasteiger partial charge in [-0.25, -0.2) is 9.97 Å². The van der Waals surface area contributed by atoms with Gasteiger partial charge in [0, 0.05) is 50.5 Å². The molecule has 1 aliphatic heterocycles. The molecule has 2 heterocycles. The molecule has 5 nitrogen and oxygen atoms in total. The third kappa shape index (κ3) is 3.43. The molecule has 1 aromatic heterocycles. The third-order valence-corrected chi connectivity index (χ3v) is 4.01. The minimum Gasteiger partial charge on any atom is -0.338 e. The van der Waals surface area contributed by atoms with E-state index >= 15 is 0 Å². The molecule has 1 aliphatic rings. The molecule has 0 amide bonds. The molecular weight excluding hydrogens is 274 g/mol. The topological polar surface area (TPSA) is 58.3 Å². The van der Waals surface area contributed by atoms with Crippen LogP contribution in [0.15, 0.2) is 36.4 Å². The zero-order chi connectivity index (χ0) is 15.4. The van der Waals surface area contributed by atoms with Crippen molar-refractivity contribution >= 4 is 5.95 Å². The zero-order valence-electron chi connectivity index (χ0n) is 13.1. The summed E-state index contributed by atoms with van der Waals surface area (Å²) in [4.78, 5) is 14.1. The SMILES string of the molecule is Cc1cc(-c2ccccc2)nc(N2CCN(CCN)CC2)n1. The summed E-state index contributed by atoms with van der Waals surface area (Å²) in [6.07, 6.45) is 0. The summed E-state index contributed by atoms with van der Waals surface area (Å²) >= 11 is 0. The van der Waals surface area contributed by atoms with Crippen molar-refractivity contribution in [1.29, 1.82) is 0 Å². The molecule has 0 radical (unpaired) electrons. The van der Waals surface area contributed by atoms with E-state index in [1.807, 2.05) is 31.2 Å². The second-order valence-corrected chi connectivity index (χ2v) is 5.68. The van der Waals surface area contributed by atoms with Crippen LogP contribution in [0.3, 0.4) is 0 Å². The second kappa shape index (κ2) is 6.85. The lowest BCUT2D eigenvalue weighted by atomic mass is 10.1. The molecule has 0 unspecified atom stereocenters. The molecule has 0 aliphatic carbocycles. The van der Waals surface area contributed by atoms with Crippen LogP contribution in [0.25, 0.3) is 11.3 Å². The molecule has 3 rings (SSSR count). The Morgan fingerprint density at radius 3 is 2.45 bits per heavy atom. The summed E-state index contributed by atoms with van der Waals surface area (Å²) in [6.45, 7) is 7.68. The summed E-state index contributed by atoms with van der Waals surface area (Å²) < 4.78 is 0. The van der Waals surface area contributed by atoms with Crippen molar-refractivity contribution in [2.24, 2.45) is 5.73 Å². The highest BCUT2D eigenvalue weighted by Crippen LogP contribution is 2.21. The van der Waals surface area contributed by atoms with Gasteiger partial charge in [0.05, 0.1) is 5.69 Å². The van der Waals surface area contributed by atoms with E-state index < -0.39 is 0 Å². The van der Waals surface area contributed by atoms with Crippen molar-refractivity contribution < 1.29 is 0 Å². The van der Waals surface area contributed by atoms with Gasteiger partial charge in [0.2, 0.25) is 5.95 Å². The number of nitrogens with zero attached hydrogens (tertiary/aromatic N) is 4. The van der Waals surface area contributed by atoms with Gasteiger partial charge >= 0.3 is 0 Å². The predicted molar refractivity (Wildman–Crippen MR) is 89.9 cm³/mol. The Bertz CT molecular complexity index is 606. The van der Waals surface area contributed by atoms with Crippen LogP contribution in [0, 0.1) is 6.92 Å². The van der Waals surface area contributed by atoms with Crippen LogP contribution >= 0.6 is 0 Å². The molecule has 0 spiro atoms. The van der Waals surface area contributed by atoms with Crippen molar-refractivity contribution in [3.8, 4) is 11.3 Å². The largest absolute Gasteiger partial charge is 0.338 e. The second-order valence-electron chi connectivity index (χ2n) is 5.68. The molecule has 5 heteroatoms. The van der Waals surface area contributed by atoms with Gasteiger partial charge in [0.25, 0.3) is 0 Å². The molecule has 116 valence electrons. The minimum absolute atomic E-state index is 0.721. The number of benzene rings is 1. The fourth-order valence-corrected chi connectivity index (χ4v) is 2.81. The van der Waals surface area contributed by atoms with E-state index in [4.69, 9.17) is 10.7 Å². The molecule has 0 saturated carbocycles. The van der Waals surface area contributed by atoms with Gasteiger partial charge in [-0.15, -0.1) is 0 Å². The third-order valence-electron chi connectivity index (χ3n) is 4.01. The van der Waals surface area contributed by atoms with Crippen LogP contribution in [0.1, 0.15) is 5.69 Å². The molecule has 2 aromatic rings. The maximum Gasteiger partial charge on any atom is 0.226 e. The maximum absolute atomic E-state index is 5.63. The number of nitrogens with two attached hydrogens (primary N) is 1. The lowest BCUT2D eigenvalue weighted by Crippen LogP contribution is -2.48. The zero-order valence-corrected chi connectivity index (χ0v) is 13.1. The van der Waals surface area contributed by atoms with Gasteiger partial charge < -0.3 is 10.6 Å². The molecule has 0 bridgehead atoms. The molecule has 2 N–H and O–H groups in total. The first-order valence-electron chi connectivity index (χ1n) is 7.85. The highest BCUT2D eigenvalue weighted by molar-refractivity contribution is 5.60. The van der Waals surface area contributed by atoms with Crippen molar-refractivity contribution in [2.45, 2.75) is 6.92 Å². The van der Waals surface area contributed by atoms with Crippen molar-refractivity contribution in [1.82, 2.24) is 14.9 Å². The van der Waals surface area contributed by atoms with Crippen LogP contribution in [0.5, 0.6) is 0 Å². The quantitative estimate of drug-likeness (QED) is 0.927. The fourth-order valence-electron chi connectivity index (χ4n) is 2.81. The summed E-state index contributed by atoms with van der Waals surface area (Å²) in [5, 5.41) is 0. The molecule has 1 aromatic carbocycles. The number of piperazine rings is 1. The van der Waals surface area contributed by atoms with Crippen LogP contribution < -0.4 is 10.6 Å². The average molecular weight is 297 g/mol. The van der Waals surface area contributed by atoms with E-state index in [9.17, 15) is 0 Å². The number of anilines is 1. The van der Waals surface area contributed by atoms with Crippen molar-refractivity contribution in [2.75, 3.05) is 44.2 Å². The van der Waals surface area contributed by atoms with Gasteiger partial charge in [-0.2, -0.15) is 0 Å². The Balaban J connectivity index is 1.79. The normalized spacial score (nSPS) is 16.0. The average Bonchev–Trinajstić information content (AvgIpc) is 2.56. The van der Waals surface area contributed by atoms with E-state index in [0.29, 0.717) is 0 Å². The highest BCUT2D eigenvalue weighted by atomic mass is 15.3. The Labute approximate surface area is 131 Å². The summed E-state index contributed by atoms with van der Waals surface area (Å²) in [5.74, 6) is 0.839. The monoisotopic (exact) mass is 297 g/mol. The van der Waals surface area contributed by atoms with Gasteiger partial charge in [-0.1, -0.05) is 30.3 Å². The first kappa shape index (κ1) is 14.9. The summed E-state index contributed by atoms with van der Waals surface area (Å²) in [5.41, 5.74) is 8.77. The molecule has 0 atom stereocenters. The van der Waals surface area contributed by atoms with Gasteiger partial charge in [0.1, 0.15) is 0 Å². The smallest absolute Gasteiger partial charge is 0.226 e. The summed E-state index contributed by atoms with van der Waals surface area (Å²) in [7, 11) is 0. The van der Waals surface area contributed by atoms with Crippen LogP contribution in [-0.4, -0.2) is 54.1 Å². The van der Waals surface area contributed by atoms with E-state index in [2.05, 4.69) is 26.9 Å². The predicted octanol–water partition coefficient (Wildman–Crippen LogP) is 1.53. The first-order chi connectivity index (χ1) is 10.8. The Morgan fingerprint density at radius 2 is 1.77 bits per heavy atom. The molecule has 1 fully saturated rings. The van der Waals surface area contributed by atoms with Crippen molar-refractivity contribution in [3.63, 3.8) is 0 Å². The van der Waals surface area contributed by atoms with Crippen molar-refractivity contribution in [3.05, 3.63) is 42.1 Å². The van der Waals surface area contributed by atoms with E-state index in [-0.39, 0.29) is 0 Å². The highest BCUT2D eigenvalue weighted by Gasteiger charge is 2.19. The van der Waals surface area contributed by atoms with Crippen LogP contribution in [-0.2, 0) is 0 Å². The molecule has 1 saturated heterocycles. The standard InChI is InChI=1S/C17H23N5/c1-14-13-16(15-5-3-2-4-6-15)20-17(19-14)22-11-9-21(8-7-18)10-12-22/h2-6,13H,7-12,18H2,1H3. The van der Waals surface area contributed by atoms with Crippen LogP contribution in [0.4, 0.5) is 5.95 Å². The maximum atomic E-state index is 5.63. The number of hydrogen-bond acceptors (Lipinski definition) is 5. The lowest BCUT2D eigenvalue weighted by Gasteiger charge is -2.34. The Hall–Kier alpha value is -1.98.